The Balaban J connectivity index is 2.38. The van der Waals surface area contributed by atoms with E-state index in [1.54, 1.807) is 0 Å². The maximum absolute atomic E-state index is 13.5. The van der Waals surface area contributed by atoms with Gasteiger partial charge in [-0.2, -0.15) is 13.2 Å². The SMILES string of the molecule is Fc1cc(-c2ncc(C(F)(F)F)[nH]2)ccc1CBr. The predicted octanol–water partition coefficient (Wildman–Crippen LogP) is 4.13. The number of hydrogen-bond donors (Lipinski definition) is 1. The number of imidazole rings is 1. The highest BCUT2D eigenvalue weighted by atomic mass is 79.9. The number of halogens is 5. The van der Waals surface area contributed by atoms with Crippen LogP contribution >= 0.6 is 15.9 Å². The quantitative estimate of drug-likeness (QED) is 0.653. The van der Waals surface area contributed by atoms with Crippen molar-refractivity contribution in [2.45, 2.75) is 11.5 Å². The van der Waals surface area contributed by atoms with Gasteiger partial charge in [0.1, 0.15) is 17.3 Å². The number of benzene rings is 1. The van der Waals surface area contributed by atoms with Gasteiger partial charge in [-0.25, -0.2) is 9.37 Å². The molecule has 0 unspecified atom stereocenters. The molecule has 2 rings (SSSR count). The summed E-state index contributed by atoms with van der Waals surface area (Å²) in [7, 11) is 0. The van der Waals surface area contributed by atoms with E-state index < -0.39 is 17.7 Å². The van der Waals surface area contributed by atoms with E-state index in [-0.39, 0.29) is 11.4 Å². The maximum atomic E-state index is 13.5. The number of H-pyrrole nitrogens is 1. The topological polar surface area (TPSA) is 28.7 Å². The average molecular weight is 323 g/mol. The zero-order chi connectivity index (χ0) is 13.3. The normalized spacial score (nSPS) is 11.8. The van der Waals surface area contributed by atoms with E-state index in [9.17, 15) is 17.6 Å². The number of rotatable bonds is 2. The van der Waals surface area contributed by atoms with Gasteiger partial charge in [0.25, 0.3) is 0 Å². The minimum absolute atomic E-state index is 0.0117. The Morgan fingerprint density at radius 3 is 2.50 bits per heavy atom. The third kappa shape index (κ3) is 2.55. The van der Waals surface area contributed by atoms with Crippen molar-refractivity contribution in [3.05, 3.63) is 41.5 Å². The Hall–Kier alpha value is -1.37. The van der Waals surface area contributed by atoms with Crippen LogP contribution in [0.3, 0.4) is 0 Å². The summed E-state index contributed by atoms with van der Waals surface area (Å²) < 4.78 is 50.6. The standard InChI is InChI=1S/C11H7BrF4N2/c12-4-7-2-1-6(3-8(7)13)10-17-5-9(18-10)11(14,15)16/h1-3,5H,4H2,(H,17,18). The van der Waals surface area contributed by atoms with Gasteiger partial charge in [-0.15, -0.1) is 0 Å². The number of aromatic nitrogens is 2. The van der Waals surface area contributed by atoms with Gasteiger partial charge in [0.15, 0.2) is 0 Å². The molecule has 1 N–H and O–H groups in total. The van der Waals surface area contributed by atoms with E-state index in [4.69, 9.17) is 0 Å². The second-order valence-corrected chi connectivity index (χ2v) is 4.14. The van der Waals surface area contributed by atoms with Crippen molar-refractivity contribution in [1.82, 2.24) is 9.97 Å². The molecule has 2 nitrogen and oxygen atoms in total. The van der Waals surface area contributed by atoms with Gasteiger partial charge in [0, 0.05) is 10.9 Å². The highest BCUT2D eigenvalue weighted by Gasteiger charge is 2.33. The molecule has 0 aliphatic rings. The van der Waals surface area contributed by atoms with Crippen LogP contribution in [0.25, 0.3) is 11.4 Å². The molecule has 0 fully saturated rings. The lowest BCUT2D eigenvalue weighted by atomic mass is 10.1. The van der Waals surface area contributed by atoms with E-state index in [2.05, 4.69) is 25.9 Å². The molecular formula is C11H7BrF4N2. The number of hydrogen-bond acceptors (Lipinski definition) is 1. The van der Waals surface area contributed by atoms with Crippen molar-refractivity contribution >= 4 is 15.9 Å². The molecule has 0 aliphatic carbocycles. The average Bonchev–Trinajstić information content (AvgIpc) is 2.77. The first-order valence-electron chi connectivity index (χ1n) is 4.89. The van der Waals surface area contributed by atoms with E-state index in [0.29, 0.717) is 17.1 Å². The van der Waals surface area contributed by atoms with Crippen LogP contribution in [0.5, 0.6) is 0 Å². The lowest BCUT2D eigenvalue weighted by Crippen LogP contribution is -2.04. The van der Waals surface area contributed by atoms with Crippen molar-refractivity contribution in [2.24, 2.45) is 0 Å². The van der Waals surface area contributed by atoms with Crippen LogP contribution in [-0.2, 0) is 11.5 Å². The summed E-state index contributed by atoms with van der Waals surface area (Å²) in [6, 6.07) is 4.16. The van der Waals surface area contributed by atoms with Gasteiger partial charge < -0.3 is 4.98 Å². The molecule has 0 atom stereocenters. The molecule has 0 spiro atoms. The zero-order valence-corrected chi connectivity index (χ0v) is 10.4. The molecule has 18 heavy (non-hydrogen) atoms. The van der Waals surface area contributed by atoms with Crippen molar-refractivity contribution in [3.63, 3.8) is 0 Å². The smallest absolute Gasteiger partial charge is 0.334 e. The Bertz CT molecular complexity index is 562. The maximum Gasteiger partial charge on any atom is 0.432 e. The fourth-order valence-electron chi connectivity index (χ4n) is 1.41. The highest BCUT2D eigenvalue weighted by molar-refractivity contribution is 9.08. The second-order valence-electron chi connectivity index (χ2n) is 3.58. The second kappa shape index (κ2) is 4.72. The van der Waals surface area contributed by atoms with E-state index in [0.717, 1.165) is 6.07 Å². The Kier molecular flexibility index (Phi) is 3.43. The summed E-state index contributed by atoms with van der Waals surface area (Å²) >= 11 is 3.11. The van der Waals surface area contributed by atoms with Crippen molar-refractivity contribution in [2.75, 3.05) is 0 Å². The Morgan fingerprint density at radius 1 is 1.28 bits per heavy atom. The summed E-state index contributed by atoms with van der Waals surface area (Å²) in [5.74, 6) is -0.503. The van der Waals surface area contributed by atoms with E-state index >= 15 is 0 Å². The molecule has 2 aromatic rings. The van der Waals surface area contributed by atoms with Crippen molar-refractivity contribution < 1.29 is 17.6 Å². The lowest BCUT2D eigenvalue weighted by Gasteiger charge is -2.03. The van der Waals surface area contributed by atoms with E-state index in [1.165, 1.54) is 12.1 Å². The first-order valence-corrected chi connectivity index (χ1v) is 6.01. The first kappa shape index (κ1) is 13.1. The molecule has 0 aliphatic heterocycles. The molecule has 1 aromatic heterocycles. The Labute approximate surface area is 108 Å². The van der Waals surface area contributed by atoms with Gasteiger partial charge in [-0.05, 0) is 11.6 Å². The minimum Gasteiger partial charge on any atom is -0.334 e. The van der Waals surface area contributed by atoms with Crippen LogP contribution < -0.4 is 0 Å². The lowest BCUT2D eigenvalue weighted by molar-refractivity contribution is -0.140. The molecule has 0 bridgehead atoms. The van der Waals surface area contributed by atoms with Crippen LogP contribution in [-0.4, -0.2) is 9.97 Å². The van der Waals surface area contributed by atoms with Crippen LogP contribution in [0, 0.1) is 5.82 Å². The summed E-state index contributed by atoms with van der Waals surface area (Å²) in [5.41, 5.74) is -0.253. The number of nitrogens with zero attached hydrogens (tertiary/aromatic N) is 1. The minimum atomic E-state index is -4.49. The van der Waals surface area contributed by atoms with Crippen LogP contribution in [0.1, 0.15) is 11.3 Å². The fourth-order valence-corrected chi connectivity index (χ4v) is 1.87. The third-order valence-electron chi connectivity index (χ3n) is 2.35. The van der Waals surface area contributed by atoms with Gasteiger partial charge >= 0.3 is 6.18 Å². The van der Waals surface area contributed by atoms with Gasteiger partial charge in [0.05, 0.1) is 6.20 Å². The molecule has 0 radical (unpaired) electrons. The molecule has 7 heteroatoms. The van der Waals surface area contributed by atoms with Gasteiger partial charge in [-0.1, -0.05) is 28.1 Å². The molecule has 1 aromatic carbocycles. The van der Waals surface area contributed by atoms with Crippen LogP contribution in [0.4, 0.5) is 17.6 Å². The molecule has 0 saturated heterocycles. The third-order valence-corrected chi connectivity index (χ3v) is 2.96. The molecule has 1 heterocycles. The van der Waals surface area contributed by atoms with Gasteiger partial charge in [-0.3, -0.25) is 0 Å². The van der Waals surface area contributed by atoms with Gasteiger partial charge in [0.2, 0.25) is 0 Å². The number of alkyl halides is 4. The fraction of sp³-hybridized carbons (Fsp3) is 0.182. The summed E-state index contributed by atoms with van der Waals surface area (Å²) in [6.45, 7) is 0. The van der Waals surface area contributed by atoms with Crippen LogP contribution in [0.15, 0.2) is 24.4 Å². The molecule has 96 valence electrons. The highest BCUT2D eigenvalue weighted by Crippen LogP contribution is 2.29. The zero-order valence-electron chi connectivity index (χ0n) is 8.85. The predicted molar refractivity (Wildman–Crippen MR) is 61.6 cm³/mol. The van der Waals surface area contributed by atoms with E-state index in [1.807, 2.05) is 0 Å². The number of nitrogens with one attached hydrogen (secondary N) is 1. The largest absolute Gasteiger partial charge is 0.432 e. The monoisotopic (exact) mass is 322 g/mol. The van der Waals surface area contributed by atoms with Crippen LogP contribution in [0.2, 0.25) is 0 Å². The number of aromatic amines is 1. The summed E-state index contributed by atoms with van der Waals surface area (Å²) in [6.07, 6.45) is -3.80. The molecular weight excluding hydrogens is 316 g/mol. The summed E-state index contributed by atoms with van der Waals surface area (Å²) in [4.78, 5) is 5.72. The first-order chi connectivity index (χ1) is 8.41. The van der Waals surface area contributed by atoms with Crippen molar-refractivity contribution in [1.29, 1.82) is 0 Å². The Morgan fingerprint density at radius 2 is 2.00 bits per heavy atom. The van der Waals surface area contributed by atoms with Crippen molar-refractivity contribution in [3.8, 4) is 11.4 Å². The summed E-state index contributed by atoms with van der Waals surface area (Å²) in [5, 5.41) is 0.338. The molecule has 0 saturated carbocycles. The molecule has 0 amide bonds.